The lowest BCUT2D eigenvalue weighted by Gasteiger charge is -2.23. The molecule has 7 nitrogen and oxygen atoms in total. The van der Waals surface area contributed by atoms with E-state index in [-0.39, 0.29) is 5.69 Å². The Morgan fingerprint density at radius 2 is 2.00 bits per heavy atom. The molecule has 0 saturated carbocycles. The number of ether oxygens (including phenoxy) is 1. The van der Waals surface area contributed by atoms with Crippen LogP contribution >= 0.6 is 12.2 Å². The molecule has 0 bridgehead atoms. The van der Waals surface area contributed by atoms with Gasteiger partial charge in [-0.2, -0.15) is 0 Å². The molecule has 0 unspecified atom stereocenters. The van der Waals surface area contributed by atoms with Crippen molar-refractivity contribution in [3.8, 4) is 0 Å². The second-order valence-electron chi connectivity index (χ2n) is 5.15. The van der Waals surface area contributed by atoms with Crippen molar-refractivity contribution in [2.75, 3.05) is 44.7 Å². The number of morpholine rings is 1. The van der Waals surface area contributed by atoms with Crippen LogP contribution in [0, 0.1) is 10.1 Å². The van der Waals surface area contributed by atoms with Crippen LogP contribution in [0.25, 0.3) is 0 Å². The summed E-state index contributed by atoms with van der Waals surface area (Å²) in [5.74, 6) is 0. The highest BCUT2D eigenvalue weighted by molar-refractivity contribution is 7.80. The summed E-state index contributed by atoms with van der Waals surface area (Å²) in [5.41, 5.74) is 0.805. The Morgan fingerprint density at radius 1 is 1.32 bits per heavy atom. The molecule has 1 heterocycles. The molecule has 1 aliphatic rings. The molecule has 1 aromatic carbocycles. The van der Waals surface area contributed by atoms with Gasteiger partial charge >= 0.3 is 0 Å². The molecule has 0 aliphatic carbocycles. The number of hydrogen-bond donors (Lipinski definition) is 3. The van der Waals surface area contributed by atoms with Crippen molar-refractivity contribution in [2.24, 2.45) is 0 Å². The Bertz CT molecular complexity index is 503. The Labute approximate surface area is 134 Å². The quantitative estimate of drug-likeness (QED) is 0.300. The molecule has 2 rings (SSSR count). The normalized spacial score (nSPS) is 15.3. The van der Waals surface area contributed by atoms with Crippen LogP contribution in [0.2, 0.25) is 0 Å². The van der Waals surface area contributed by atoms with E-state index in [1.165, 1.54) is 12.1 Å². The van der Waals surface area contributed by atoms with Gasteiger partial charge in [0.2, 0.25) is 0 Å². The number of rotatable bonds is 6. The van der Waals surface area contributed by atoms with Crippen LogP contribution in [-0.2, 0) is 4.74 Å². The van der Waals surface area contributed by atoms with Crippen LogP contribution in [0.5, 0.6) is 0 Å². The number of nitro benzene ring substituents is 1. The van der Waals surface area contributed by atoms with E-state index in [2.05, 4.69) is 10.6 Å². The summed E-state index contributed by atoms with van der Waals surface area (Å²) in [5, 5.41) is 17.3. The van der Waals surface area contributed by atoms with Crippen LogP contribution < -0.4 is 15.5 Å². The number of non-ortho nitro benzene ring substituents is 1. The molecule has 22 heavy (non-hydrogen) atoms. The summed E-state index contributed by atoms with van der Waals surface area (Å²) in [4.78, 5) is 11.7. The van der Waals surface area contributed by atoms with E-state index in [9.17, 15) is 10.1 Å². The second kappa shape index (κ2) is 8.62. The van der Waals surface area contributed by atoms with Crippen LogP contribution in [-0.4, -0.2) is 49.4 Å². The molecule has 8 heteroatoms. The van der Waals surface area contributed by atoms with Crippen LogP contribution in [0.1, 0.15) is 6.42 Å². The molecular weight excluding hydrogens is 304 g/mol. The van der Waals surface area contributed by atoms with Gasteiger partial charge in [0.1, 0.15) is 13.1 Å². The van der Waals surface area contributed by atoms with Gasteiger partial charge in [0.15, 0.2) is 5.11 Å². The number of nitrogens with one attached hydrogen (secondary N) is 3. The highest BCUT2D eigenvalue weighted by Gasteiger charge is 2.12. The van der Waals surface area contributed by atoms with Crippen molar-refractivity contribution in [1.29, 1.82) is 0 Å². The maximum Gasteiger partial charge on any atom is 0.269 e. The molecular formula is C14H21N4O3S+. The fourth-order valence-corrected chi connectivity index (χ4v) is 2.51. The Hall–Kier alpha value is -1.77. The van der Waals surface area contributed by atoms with Crippen molar-refractivity contribution in [2.45, 2.75) is 6.42 Å². The van der Waals surface area contributed by atoms with Crippen LogP contribution in [0.15, 0.2) is 24.3 Å². The average Bonchev–Trinajstić information content (AvgIpc) is 2.53. The largest absolute Gasteiger partial charge is 0.370 e. The third-order valence-corrected chi connectivity index (χ3v) is 3.77. The first kappa shape index (κ1) is 16.6. The fourth-order valence-electron chi connectivity index (χ4n) is 2.29. The summed E-state index contributed by atoms with van der Waals surface area (Å²) < 4.78 is 5.32. The van der Waals surface area contributed by atoms with Gasteiger partial charge in [0, 0.05) is 30.8 Å². The van der Waals surface area contributed by atoms with Gasteiger partial charge in [-0.3, -0.25) is 10.1 Å². The van der Waals surface area contributed by atoms with Gasteiger partial charge < -0.3 is 20.3 Å². The van der Waals surface area contributed by atoms with E-state index in [0.717, 1.165) is 51.5 Å². The number of nitrogens with zero attached hydrogens (tertiary/aromatic N) is 1. The van der Waals surface area contributed by atoms with Crippen molar-refractivity contribution in [3.63, 3.8) is 0 Å². The van der Waals surface area contributed by atoms with Crippen molar-refractivity contribution >= 4 is 28.7 Å². The first-order chi connectivity index (χ1) is 10.6. The van der Waals surface area contributed by atoms with Gasteiger partial charge in [-0.25, -0.2) is 0 Å². The maximum absolute atomic E-state index is 10.6. The molecule has 1 aromatic rings. The predicted molar refractivity (Wildman–Crippen MR) is 88.3 cm³/mol. The number of thiocarbonyl (C=S) groups is 1. The zero-order valence-corrected chi connectivity index (χ0v) is 13.2. The van der Waals surface area contributed by atoms with Crippen LogP contribution in [0.3, 0.4) is 0 Å². The van der Waals surface area contributed by atoms with E-state index < -0.39 is 4.92 Å². The Balaban J connectivity index is 1.63. The second-order valence-corrected chi connectivity index (χ2v) is 5.56. The molecule has 1 aliphatic heterocycles. The minimum atomic E-state index is -0.422. The SMILES string of the molecule is O=[N+]([O-])c1ccc(NC(=S)NCCC[NH+]2CCOCC2)cc1. The summed E-state index contributed by atoms with van der Waals surface area (Å²) in [6.45, 7) is 5.77. The fraction of sp³-hybridized carbons (Fsp3) is 0.500. The standard InChI is InChI=1S/C14H20N4O3S/c19-18(20)13-4-2-12(3-5-13)16-14(22)15-6-1-7-17-8-10-21-11-9-17/h2-5H,1,6-11H2,(H2,15,16,22)/p+1. The lowest BCUT2D eigenvalue weighted by molar-refractivity contribution is -0.908. The third-order valence-electron chi connectivity index (χ3n) is 3.53. The van der Waals surface area contributed by atoms with Gasteiger partial charge in [0.05, 0.1) is 24.7 Å². The zero-order valence-electron chi connectivity index (χ0n) is 12.3. The topological polar surface area (TPSA) is 80.9 Å². The van der Waals surface area contributed by atoms with Crippen molar-refractivity contribution in [1.82, 2.24) is 5.32 Å². The lowest BCUT2D eigenvalue weighted by Crippen LogP contribution is -3.14. The summed E-state index contributed by atoms with van der Waals surface area (Å²) in [6.07, 6.45) is 1.04. The highest BCUT2D eigenvalue weighted by Crippen LogP contribution is 2.15. The molecule has 3 N–H and O–H groups in total. The first-order valence-electron chi connectivity index (χ1n) is 7.36. The molecule has 0 amide bonds. The molecule has 0 atom stereocenters. The first-order valence-corrected chi connectivity index (χ1v) is 7.76. The highest BCUT2D eigenvalue weighted by atomic mass is 32.1. The van der Waals surface area contributed by atoms with E-state index in [4.69, 9.17) is 17.0 Å². The van der Waals surface area contributed by atoms with Gasteiger partial charge in [0.25, 0.3) is 5.69 Å². The molecule has 0 aromatic heterocycles. The smallest absolute Gasteiger partial charge is 0.269 e. The van der Waals surface area contributed by atoms with Gasteiger partial charge in [-0.1, -0.05) is 0 Å². The minimum absolute atomic E-state index is 0.0675. The van der Waals surface area contributed by atoms with Gasteiger partial charge in [-0.05, 0) is 24.4 Å². The minimum Gasteiger partial charge on any atom is -0.370 e. The van der Waals surface area contributed by atoms with Gasteiger partial charge in [-0.15, -0.1) is 0 Å². The number of benzene rings is 1. The summed E-state index contributed by atoms with van der Waals surface area (Å²) in [7, 11) is 0. The predicted octanol–water partition coefficient (Wildman–Crippen LogP) is 0.186. The maximum atomic E-state index is 10.6. The molecule has 1 saturated heterocycles. The van der Waals surface area contributed by atoms with E-state index >= 15 is 0 Å². The third kappa shape index (κ3) is 5.55. The van der Waals surface area contributed by atoms with E-state index in [1.807, 2.05) is 0 Å². The van der Waals surface area contributed by atoms with E-state index in [1.54, 1.807) is 17.0 Å². The number of anilines is 1. The number of quaternary nitrogens is 1. The van der Waals surface area contributed by atoms with Crippen molar-refractivity contribution in [3.05, 3.63) is 34.4 Å². The van der Waals surface area contributed by atoms with Crippen LogP contribution in [0.4, 0.5) is 11.4 Å². The molecule has 0 spiro atoms. The zero-order chi connectivity index (χ0) is 15.8. The molecule has 1 fully saturated rings. The summed E-state index contributed by atoms with van der Waals surface area (Å²) >= 11 is 5.21. The lowest BCUT2D eigenvalue weighted by atomic mass is 10.3. The summed E-state index contributed by atoms with van der Waals surface area (Å²) in [6, 6.07) is 6.19. The monoisotopic (exact) mass is 325 g/mol. The number of nitro groups is 1. The number of hydrogen-bond acceptors (Lipinski definition) is 4. The Morgan fingerprint density at radius 3 is 2.64 bits per heavy atom. The molecule has 0 radical (unpaired) electrons. The van der Waals surface area contributed by atoms with E-state index in [0.29, 0.717) is 5.11 Å². The Kier molecular flexibility index (Phi) is 6.50. The average molecular weight is 325 g/mol. The van der Waals surface area contributed by atoms with Crippen molar-refractivity contribution < 1.29 is 14.6 Å². The molecule has 120 valence electrons.